The van der Waals surface area contributed by atoms with Gasteiger partial charge in [-0.15, -0.1) is 0 Å². The van der Waals surface area contributed by atoms with Crippen LogP contribution in [0.15, 0.2) is 53.0 Å². The monoisotopic (exact) mass is 446 g/mol. The lowest BCUT2D eigenvalue weighted by atomic mass is 10.0. The Morgan fingerprint density at radius 1 is 1.11 bits per heavy atom. The third-order valence-corrected chi connectivity index (χ3v) is 5.27. The SMILES string of the molecule is CC(Oc1ccc(O)cc1)C(=O)N1CCC(NC(=O)c2ccc(Br)cc2)CC1. The van der Waals surface area contributed by atoms with Gasteiger partial charge in [0.25, 0.3) is 11.8 Å². The molecule has 0 aromatic heterocycles. The van der Waals surface area contributed by atoms with E-state index in [0.29, 0.717) is 37.2 Å². The number of carbonyl (C=O) groups is 2. The number of phenolic OH excluding ortho intramolecular Hbond substituents is 1. The number of amides is 2. The highest BCUT2D eigenvalue weighted by atomic mass is 79.9. The Morgan fingerprint density at radius 2 is 1.71 bits per heavy atom. The Kier molecular flexibility index (Phi) is 6.57. The smallest absolute Gasteiger partial charge is 0.263 e. The number of carbonyl (C=O) groups excluding carboxylic acids is 2. The average molecular weight is 447 g/mol. The van der Waals surface area contributed by atoms with Crippen molar-refractivity contribution in [3.05, 3.63) is 58.6 Å². The van der Waals surface area contributed by atoms with E-state index in [1.54, 1.807) is 36.1 Å². The molecule has 1 atom stereocenters. The Bertz CT molecular complexity index is 815. The molecule has 1 aliphatic heterocycles. The summed E-state index contributed by atoms with van der Waals surface area (Å²) in [5.74, 6) is 0.515. The first-order chi connectivity index (χ1) is 13.4. The molecule has 148 valence electrons. The molecule has 6 nitrogen and oxygen atoms in total. The zero-order valence-corrected chi connectivity index (χ0v) is 17.2. The summed E-state index contributed by atoms with van der Waals surface area (Å²) in [5, 5.41) is 12.4. The molecule has 0 saturated carbocycles. The molecular weight excluding hydrogens is 424 g/mol. The van der Waals surface area contributed by atoms with Crippen LogP contribution < -0.4 is 10.1 Å². The van der Waals surface area contributed by atoms with Gasteiger partial charge in [-0.2, -0.15) is 0 Å². The van der Waals surface area contributed by atoms with Crippen LogP contribution in [0.5, 0.6) is 11.5 Å². The van der Waals surface area contributed by atoms with E-state index in [2.05, 4.69) is 21.2 Å². The summed E-state index contributed by atoms with van der Waals surface area (Å²) in [5.41, 5.74) is 0.623. The van der Waals surface area contributed by atoms with E-state index in [4.69, 9.17) is 4.74 Å². The highest BCUT2D eigenvalue weighted by Gasteiger charge is 2.27. The van der Waals surface area contributed by atoms with Crippen LogP contribution >= 0.6 is 15.9 Å². The molecule has 2 amide bonds. The molecule has 0 aliphatic carbocycles. The second kappa shape index (κ2) is 9.10. The fourth-order valence-corrected chi connectivity index (χ4v) is 3.41. The number of likely N-dealkylation sites (tertiary alicyclic amines) is 1. The number of piperidine rings is 1. The zero-order valence-electron chi connectivity index (χ0n) is 15.6. The van der Waals surface area contributed by atoms with E-state index in [-0.39, 0.29) is 23.6 Å². The number of ether oxygens (including phenoxy) is 1. The molecule has 0 spiro atoms. The standard InChI is InChI=1S/C21H23BrN2O4/c1-14(28-19-8-6-18(25)7-9-19)21(27)24-12-10-17(11-13-24)23-20(26)15-2-4-16(22)5-3-15/h2-9,14,17,25H,10-13H2,1H3,(H,23,26). The summed E-state index contributed by atoms with van der Waals surface area (Å²) >= 11 is 3.36. The summed E-state index contributed by atoms with van der Waals surface area (Å²) in [4.78, 5) is 26.7. The zero-order chi connectivity index (χ0) is 20.1. The minimum absolute atomic E-state index is 0.0496. The van der Waals surface area contributed by atoms with Crippen LogP contribution in [0.25, 0.3) is 0 Å². The van der Waals surface area contributed by atoms with Crippen LogP contribution in [-0.4, -0.2) is 47.1 Å². The molecule has 0 radical (unpaired) electrons. The molecule has 2 aromatic rings. The van der Waals surface area contributed by atoms with Gasteiger partial charge >= 0.3 is 0 Å². The van der Waals surface area contributed by atoms with Crippen molar-refractivity contribution in [1.82, 2.24) is 10.2 Å². The molecule has 1 heterocycles. The molecule has 1 unspecified atom stereocenters. The Hall–Kier alpha value is -2.54. The van der Waals surface area contributed by atoms with E-state index in [0.717, 1.165) is 4.47 Å². The van der Waals surface area contributed by atoms with Crippen LogP contribution in [0.3, 0.4) is 0 Å². The first-order valence-corrected chi connectivity index (χ1v) is 10.0. The van der Waals surface area contributed by atoms with E-state index in [9.17, 15) is 14.7 Å². The van der Waals surface area contributed by atoms with E-state index >= 15 is 0 Å². The van der Waals surface area contributed by atoms with E-state index < -0.39 is 6.10 Å². The molecule has 3 rings (SSSR count). The molecule has 2 N–H and O–H groups in total. The predicted octanol–water partition coefficient (Wildman–Crippen LogP) is 3.34. The lowest BCUT2D eigenvalue weighted by molar-refractivity contribution is -0.139. The van der Waals surface area contributed by atoms with Gasteiger partial charge in [-0.25, -0.2) is 0 Å². The van der Waals surface area contributed by atoms with Crippen molar-refractivity contribution in [2.45, 2.75) is 31.9 Å². The van der Waals surface area contributed by atoms with Gasteiger partial charge in [-0.3, -0.25) is 9.59 Å². The fourth-order valence-electron chi connectivity index (χ4n) is 3.15. The molecule has 1 saturated heterocycles. The van der Waals surface area contributed by atoms with Crippen molar-refractivity contribution < 1.29 is 19.4 Å². The topological polar surface area (TPSA) is 78.9 Å². The van der Waals surface area contributed by atoms with Crippen molar-refractivity contribution in [1.29, 1.82) is 0 Å². The van der Waals surface area contributed by atoms with Gasteiger partial charge < -0.3 is 20.1 Å². The van der Waals surface area contributed by atoms with Gasteiger partial charge in [0, 0.05) is 29.2 Å². The van der Waals surface area contributed by atoms with Gasteiger partial charge in [0.15, 0.2) is 6.10 Å². The largest absolute Gasteiger partial charge is 0.508 e. The molecule has 0 bridgehead atoms. The minimum Gasteiger partial charge on any atom is -0.508 e. The van der Waals surface area contributed by atoms with Crippen LogP contribution in [0.2, 0.25) is 0 Å². The summed E-state index contributed by atoms with van der Waals surface area (Å²) in [6.07, 6.45) is 0.804. The van der Waals surface area contributed by atoms with Crippen molar-refractivity contribution in [3.63, 3.8) is 0 Å². The summed E-state index contributed by atoms with van der Waals surface area (Å²) in [6.45, 7) is 2.87. The van der Waals surface area contributed by atoms with Crippen LogP contribution in [0, 0.1) is 0 Å². The maximum Gasteiger partial charge on any atom is 0.263 e. The van der Waals surface area contributed by atoms with Crippen LogP contribution in [0.1, 0.15) is 30.1 Å². The van der Waals surface area contributed by atoms with Crippen molar-refractivity contribution in [2.24, 2.45) is 0 Å². The number of hydrogen-bond acceptors (Lipinski definition) is 4. The minimum atomic E-state index is -0.613. The second-order valence-electron chi connectivity index (χ2n) is 6.83. The summed E-state index contributed by atoms with van der Waals surface area (Å²) in [6, 6.07) is 13.6. The number of hydrogen-bond donors (Lipinski definition) is 2. The molecule has 1 fully saturated rings. The third-order valence-electron chi connectivity index (χ3n) is 4.75. The molecule has 7 heteroatoms. The van der Waals surface area contributed by atoms with Gasteiger partial charge in [0.1, 0.15) is 11.5 Å². The maximum atomic E-state index is 12.6. The number of rotatable bonds is 5. The highest BCUT2D eigenvalue weighted by molar-refractivity contribution is 9.10. The predicted molar refractivity (Wildman–Crippen MR) is 109 cm³/mol. The lowest BCUT2D eigenvalue weighted by Gasteiger charge is -2.33. The van der Waals surface area contributed by atoms with Crippen molar-refractivity contribution in [3.8, 4) is 11.5 Å². The van der Waals surface area contributed by atoms with Gasteiger partial charge in [0.2, 0.25) is 0 Å². The van der Waals surface area contributed by atoms with Gasteiger partial charge in [-0.1, -0.05) is 15.9 Å². The Morgan fingerprint density at radius 3 is 2.32 bits per heavy atom. The number of aromatic hydroxyl groups is 1. The first-order valence-electron chi connectivity index (χ1n) is 9.23. The number of benzene rings is 2. The summed E-state index contributed by atoms with van der Waals surface area (Å²) in [7, 11) is 0. The second-order valence-corrected chi connectivity index (χ2v) is 7.75. The fraction of sp³-hybridized carbons (Fsp3) is 0.333. The quantitative estimate of drug-likeness (QED) is 0.737. The number of halogens is 1. The van der Waals surface area contributed by atoms with Crippen molar-refractivity contribution >= 4 is 27.7 Å². The van der Waals surface area contributed by atoms with Crippen LogP contribution in [-0.2, 0) is 4.79 Å². The van der Waals surface area contributed by atoms with Crippen molar-refractivity contribution in [2.75, 3.05) is 13.1 Å². The van der Waals surface area contributed by atoms with Crippen LogP contribution in [0.4, 0.5) is 0 Å². The Balaban J connectivity index is 1.47. The maximum absolute atomic E-state index is 12.6. The number of phenols is 1. The average Bonchev–Trinajstić information content (AvgIpc) is 2.70. The van der Waals surface area contributed by atoms with Gasteiger partial charge in [0.05, 0.1) is 0 Å². The summed E-state index contributed by atoms with van der Waals surface area (Å²) < 4.78 is 6.60. The molecule has 2 aromatic carbocycles. The number of nitrogens with zero attached hydrogens (tertiary/aromatic N) is 1. The normalized spacial score (nSPS) is 15.7. The van der Waals surface area contributed by atoms with E-state index in [1.807, 2.05) is 12.1 Å². The highest BCUT2D eigenvalue weighted by Crippen LogP contribution is 2.19. The molecule has 1 aliphatic rings. The lowest BCUT2D eigenvalue weighted by Crippen LogP contribution is -2.49. The van der Waals surface area contributed by atoms with E-state index in [1.165, 1.54) is 12.1 Å². The Labute approximate surface area is 172 Å². The third kappa shape index (κ3) is 5.25. The van der Waals surface area contributed by atoms with Gasteiger partial charge in [-0.05, 0) is 68.3 Å². The molecule has 28 heavy (non-hydrogen) atoms. The number of nitrogens with one attached hydrogen (secondary N) is 1. The molecular formula is C21H23BrN2O4. The first kappa shape index (κ1) is 20.2.